The van der Waals surface area contributed by atoms with Crippen molar-refractivity contribution < 1.29 is 10.2 Å². The Balaban J connectivity index is 2.42. The summed E-state index contributed by atoms with van der Waals surface area (Å²) in [4.78, 5) is 0. The third-order valence-electron chi connectivity index (χ3n) is 2.93. The molecule has 100 valence electrons. The van der Waals surface area contributed by atoms with Gasteiger partial charge in [0.1, 0.15) is 5.75 Å². The SMILES string of the molecule is Cc1ccc(NCCO)cc1-c1cc(N)cc(O)c1. The molecular weight excluding hydrogens is 240 g/mol. The summed E-state index contributed by atoms with van der Waals surface area (Å²) in [6.45, 7) is 2.60. The summed E-state index contributed by atoms with van der Waals surface area (Å²) in [6, 6.07) is 11.0. The highest BCUT2D eigenvalue weighted by Crippen LogP contribution is 2.30. The van der Waals surface area contributed by atoms with Crippen molar-refractivity contribution in [1.29, 1.82) is 0 Å². The molecule has 0 radical (unpaired) electrons. The van der Waals surface area contributed by atoms with Crippen LogP contribution < -0.4 is 11.1 Å². The van der Waals surface area contributed by atoms with Crippen LogP contribution in [-0.4, -0.2) is 23.4 Å². The quantitative estimate of drug-likeness (QED) is 0.635. The van der Waals surface area contributed by atoms with Crippen LogP contribution in [0.4, 0.5) is 11.4 Å². The number of benzene rings is 2. The minimum atomic E-state index is 0.0856. The van der Waals surface area contributed by atoms with E-state index in [9.17, 15) is 5.11 Å². The van der Waals surface area contributed by atoms with E-state index in [1.165, 1.54) is 6.07 Å². The molecule has 0 unspecified atom stereocenters. The number of aliphatic hydroxyl groups excluding tert-OH is 1. The predicted molar refractivity (Wildman–Crippen MR) is 78.3 cm³/mol. The molecule has 0 aliphatic carbocycles. The average Bonchev–Trinajstić information content (AvgIpc) is 2.36. The van der Waals surface area contributed by atoms with E-state index in [-0.39, 0.29) is 12.4 Å². The van der Waals surface area contributed by atoms with Crippen LogP contribution in [0.2, 0.25) is 0 Å². The predicted octanol–water partition coefficient (Wildman–Crippen LogP) is 2.35. The van der Waals surface area contributed by atoms with Crippen molar-refractivity contribution in [2.24, 2.45) is 0 Å². The molecule has 2 aromatic carbocycles. The Hall–Kier alpha value is -2.20. The Kier molecular flexibility index (Phi) is 3.92. The molecule has 0 aliphatic heterocycles. The summed E-state index contributed by atoms with van der Waals surface area (Å²) in [5.74, 6) is 0.156. The van der Waals surface area contributed by atoms with Gasteiger partial charge in [-0.1, -0.05) is 6.07 Å². The second-order valence-corrected chi connectivity index (χ2v) is 4.49. The van der Waals surface area contributed by atoms with Gasteiger partial charge >= 0.3 is 0 Å². The van der Waals surface area contributed by atoms with Crippen molar-refractivity contribution in [1.82, 2.24) is 0 Å². The van der Waals surface area contributed by atoms with E-state index in [0.29, 0.717) is 12.2 Å². The van der Waals surface area contributed by atoms with Gasteiger partial charge in [-0.05, 0) is 47.9 Å². The monoisotopic (exact) mass is 258 g/mol. The molecule has 0 spiro atoms. The highest BCUT2D eigenvalue weighted by atomic mass is 16.3. The van der Waals surface area contributed by atoms with Gasteiger partial charge in [0.15, 0.2) is 0 Å². The number of phenolic OH excluding ortho intramolecular Hbond substituents is 1. The molecule has 0 fully saturated rings. The number of anilines is 2. The molecule has 4 heteroatoms. The van der Waals surface area contributed by atoms with Crippen LogP contribution in [-0.2, 0) is 0 Å². The zero-order chi connectivity index (χ0) is 13.8. The van der Waals surface area contributed by atoms with Gasteiger partial charge in [-0.15, -0.1) is 0 Å². The standard InChI is InChI=1S/C15H18N2O2/c1-10-2-3-13(17-4-5-18)9-15(10)11-6-12(16)8-14(19)7-11/h2-3,6-9,17-19H,4-5,16H2,1H3. The van der Waals surface area contributed by atoms with Crippen molar-refractivity contribution in [3.05, 3.63) is 42.0 Å². The molecule has 0 atom stereocenters. The lowest BCUT2D eigenvalue weighted by atomic mass is 9.99. The average molecular weight is 258 g/mol. The van der Waals surface area contributed by atoms with Crippen LogP contribution >= 0.6 is 0 Å². The lowest BCUT2D eigenvalue weighted by molar-refractivity contribution is 0.311. The van der Waals surface area contributed by atoms with Crippen LogP contribution in [0, 0.1) is 6.92 Å². The number of aryl methyl sites for hydroxylation is 1. The second kappa shape index (κ2) is 5.63. The zero-order valence-corrected chi connectivity index (χ0v) is 10.9. The first-order valence-corrected chi connectivity index (χ1v) is 6.15. The summed E-state index contributed by atoms with van der Waals surface area (Å²) in [7, 11) is 0. The second-order valence-electron chi connectivity index (χ2n) is 4.49. The van der Waals surface area contributed by atoms with E-state index in [1.807, 2.05) is 31.2 Å². The molecule has 0 saturated carbocycles. The number of nitrogen functional groups attached to an aromatic ring is 1. The summed E-state index contributed by atoms with van der Waals surface area (Å²) >= 11 is 0. The first kappa shape index (κ1) is 13.2. The largest absolute Gasteiger partial charge is 0.508 e. The summed E-state index contributed by atoms with van der Waals surface area (Å²) in [6.07, 6.45) is 0. The Morgan fingerprint density at radius 1 is 1.16 bits per heavy atom. The molecular formula is C15H18N2O2. The smallest absolute Gasteiger partial charge is 0.118 e. The van der Waals surface area contributed by atoms with Crippen LogP contribution in [0.15, 0.2) is 36.4 Å². The number of hydrogen-bond donors (Lipinski definition) is 4. The third kappa shape index (κ3) is 3.17. The molecule has 5 N–H and O–H groups in total. The Labute approximate surface area is 112 Å². The topological polar surface area (TPSA) is 78.5 Å². The van der Waals surface area contributed by atoms with Gasteiger partial charge in [0.2, 0.25) is 0 Å². The van der Waals surface area contributed by atoms with Crippen molar-refractivity contribution >= 4 is 11.4 Å². The number of nitrogens with two attached hydrogens (primary N) is 1. The van der Waals surface area contributed by atoms with E-state index in [4.69, 9.17) is 10.8 Å². The molecule has 4 nitrogen and oxygen atoms in total. The van der Waals surface area contributed by atoms with Crippen LogP contribution in [0.5, 0.6) is 5.75 Å². The van der Waals surface area contributed by atoms with Crippen molar-refractivity contribution in [3.8, 4) is 16.9 Å². The zero-order valence-electron chi connectivity index (χ0n) is 10.9. The van der Waals surface area contributed by atoms with Gasteiger partial charge in [-0.2, -0.15) is 0 Å². The Morgan fingerprint density at radius 2 is 1.95 bits per heavy atom. The van der Waals surface area contributed by atoms with E-state index < -0.39 is 0 Å². The van der Waals surface area contributed by atoms with E-state index in [0.717, 1.165) is 22.4 Å². The number of hydrogen-bond acceptors (Lipinski definition) is 4. The first-order chi connectivity index (χ1) is 9.10. The fourth-order valence-electron chi connectivity index (χ4n) is 2.03. The van der Waals surface area contributed by atoms with Crippen molar-refractivity contribution in [3.63, 3.8) is 0 Å². The van der Waals surface area contributed by atoms with Crippen LogP contribution in [0.3, 0.4) is 0 Å². The number of nitrogens with one attached hydrogen (secondary N) is 1. The van der Waals surface area contributed by atoms with Crippen molar-refractivity contribution in [2.45, 2.75) is 6.92 Å². The van der Waals surface area contributed by atoms with E-state index in [1.54, 1.807) is 6.07 Å². The fraction of sp³-hybridized carbons (Fsp3) is 0.200. The van der Waals surface area contributed by atoms with E-state index >= 15 is 0 Å². The number of aromatic hydroxyl groups is 1. The van der Waals surface area contributed by atoms with Crippen molar-refractivity contribution in [2.75, 3.05) is 24.2 Å². The summed E-state index contributed by atoms with van der Waals surface area (Å²) in [5.41, 5.74) is 10.2. The summed E-state index contributed by atoms with van der Waals surface area (Å²) < 4.78 is 0. The van der Waals surface area contributed by atoms with Gasteiger partial charge in [0, 0.05) is 24.0 Å². The fourth-order valence-corrected chi connectivity index (χ4v) is 2.03. The van der Waals surface area contributed by atoms with Gasteiger partial charge in [0.05, 0.1) is 6.61 Å². The Morgan fingerprint density at radius 3 is 2.63 bits per heavy atom. The van der Waals surface area contributed by atoms with E-state index in [2.05, 4.69) is 5.32 Å². The minimum Gasteiger partial charge on any atom is -0.508 e. The molecule has 0 aliphatic rings. The number of phenols is 1. The molecule has 2 aromatic rings. The number of aliphatic hydroxyl groups is 1. The lowest BCUT2D eigenvalue weighted by Crippen LogP contribution is -2.05. The van der Waals surface area contributed by atoms with Gasteiger partial charge in [0.25, 0.3) is 0 Å². The molecule has 0 heterocycles. The maximum Gasteiger partial charge on any atom is 0.118 e. The normalized spacial score (nSPS) is 10.4. The highest BCUT2D eigenvalue weighted by molar-refractivity contribution is 5.75. The minimum absolute atomic E-state index is 0.0856. The van der Waals surface area contributed by atoms with Crippen LogP contribution in [0.1, 0.15) is 5.56 Å². The molecule has 2 rings (SSSR count). The van der Waals surface area contributed by atoms with Gasteiger partial charge < -0.3 is 21.3 Å². The third-order valence-corrected chi connectivity index (χ3v) is 2.93. The lowest BCUT2D eigenvalue weighted by Gasteiger charge is -2.11. The maximum absolute atomic E-state index is 9.63. The molecule has 0 amide bonds. The first-order valence-electron chi connectivity index (χ1n) is 6.15. The van der Waals surface area contributed by atoms with Gasteiger partial charge in [-0.25, -0.2) is 0 Å². The highest BCUT2D eigenvalue weighted by Gasteiger charge is 2.06. The summed E-state index contributed by atoms with van der Waals surface area (Å²) in [5, 5.41) is 21.6. The molecule has 0 aromatic heterocycles. The molecule has 19 heavy (non-hydrogen) atoms. The molecule has 0 saturated heterocycles. The van der Waals surface area contributed by atoms with Gasteiger partial charge in [-0.3, -0.25) is 0 Å². The van der Waals surface area contributed by atoms with Crippen LogP contribution in [0.25, 0.3) is 11.1 Å². The number of rotatable bonds is 4. The Bertz CT molecular complexity index is 562. The molecule has 0 bridgehead atoms. The maximum atomic E-state index is 9.63.